The average molecular weight is 360 g/mol. The molecule has 7 heteroatoms. The van der Waals surface area contributed by atoms with Gasteiger partial charge in [0, 0.05) is 6.07 Å². The van der Waals surface area contributed by atoms with Gasteiger partial charge in [-0.2, -0.15) is 0 Å². The molecule has 25 heavy (non-hydrogen) atoms. The zero-order valence-electron chi connectivity index (χ0n) is 14.4. The van der Waals surface area contributed by atoms with E-state index in [1.165, 1.54) is 34.6 Å². The molecule has 132 valence electrons. The highest BCUT2D eigenvalue weighted by molar-refractivity contribution is 7.93. The highest BCUT2D eigenvalue weighted by atomic mass is 32.2. The molecule has 0 unspecified atom stereocenters. The zero-order valence-corrected chi connectivity index (χ0v) is 15.2. The average Bonchev–Trinajstić information content (AvgIpc) is 2.53. The van der Waals surface area contributed by atoms with Gasteiger partial charge in [0.1, 0.15) is 0 Å². The van der Waals surface area contributed by atoms with Crippen molar-refractivity contribution < 1.29 is 13.3 Å². The summed E-state index contributed by atoms with van der Waals surface area (Å²) in [6.07, 6.45) is 1.46. The number of benzene rings is 2. The number of aryl methyl sites for hydroxylation is 3. The molecule has 0 aliphatic carbocycles. The predicted octanol–water partition coefficient (Wildman–Crippen LogP) is 3.90. The molecule has 0 bridgehead atoms. The molecule has 2 aromatic carbocycles. The largest absolute Gasteiger partial charge is 0.289 e. The second kappa shape index (κ2) is 7.06. The second-order valence-electron chi connectivity index (χ2n) is 5.80. The molecule has 0 saturated heterocycles. The fraction of sp³-hybridized carbons (Fsp3) is 0.222. The first kappa shape index (κ1) is 18.7. The maximum absolute atomic E-state index is 13.2. The van der Waals surface area contributed by atoms with E-state index < -0.39 is 20.6 Å². The molecule has 0 amide bonds. The van der Waals surface area contributed by atoms with E-state index in [1.807, 2.05) is 32.9 Å². The Balaban J connectivity index is 2.74. The van der Waals surface area contributed by atoms with Crippen LogP contribution in [-0.2, 0) is 10.0 Å². The van der Waals surface area contributed by atoms with Crippen molar-refractivity contribution in [2.45, 2.75) is 25.7 Å². The Hall–Kier alpha value is -2.67. The SMILES string of the molecule is C=CCN(c1c(C)cc(C)cc1C)S(=O)(=O)c1ccccc1[N+](=O)[O-]. The number of nitrogens with zero attached hydrogens (tertiary/aromatic N) is 2. The molecular weight excluding hydrogens is 340 g/mol. The first-order valence-electron chi connectivity index (χ1n) is 7.65. The highest BCUT2D eigenvalue weighted by Gasteiger charge is 2.32. The normalized spacial score (nSPS) is 11.2. The van der Waals surface area contributed by atoms with Gasteiger partial charge in [0.15, 0.2) is 4.90 Å². The second-order valence-corrected chi connectivity index (χ2v) is 7.63. The molecule has 6 nitrogen and oxygen atoms in total. The van der Waals surface area contributed by atoms with E-state index in [4.69, 9.17) is 0 Å². The summed E-state index contributed by atoms with van der Waals surface area (Å²) in [6.45, 7) is 9.21. The van der Waals surface area contributed by atoms with Gasteiger partial charge in [0.05, 0.1) is 17.2 Å². The fourth-order valence-electron chi connectivity index (χ4n) is 2.94. The van der Waals surface area contributed by atoms with E-state index in [1.54, 1.807) is 0 Å². The minimum absolute atomic E-state index is 0.0130. The number of hydrogen-bond donors (Lipinski definition) is 0. The maximum Gasteiger partial charge on any atom is 0.289 e. The third kappa shape index (κ3) is 3.56. The van der Waals surface area contributed by atoms with Crippen LogP contribution in [0, 0.1) is 30.9 Å². The zero-order chi connectivity index (χ0) is 18.8. The number of sulfonamides is 1. The lowest BCUT2D eigenvalue weighted by Crippen LogP contribution is -2.33. The van der Waals surface area contributed by atoms with Crippen molar-refractivity contribution in [2.75, 3.05) is 10.8 Å². The van der Waals surface area contributed by atoms with Gasteiger partial charge in [-0.1, -0.05) is 35.9 Å². The number of hydrogen-bond acceptors (Lipinski definition) is 4. The molecule has 0 atom stereocenters. The molecule has 0 aromatic heterocycles. The van der Waals surface area contributed by atoms with Crippen molar-refractivity contribution in [1.29, 1.82) is 0 Å². The molecule has 2 rings (SSSR count). The van der Waals surface area contributed by atoms with Gasteiger partial charge in [-0.3, -0.25) is 14.4 Å². The number of rotatable bonds is 6. The lowest BCUT2D eigenvalue weighted by atomic mass is 10.1. The molecule has 2 aromatic rings. The van der Waals surface area contributed by atoms with E-state index in [9.17, 15) is 18.5 Å². The highest BCUT2D eigenvalue weighted by Crippen LogP contribution is 2.34. The molecular formula is C18H20N2O4S. The first-order chi connectivity index (χ1) is 11.7. The van der Waals surface area contributed by atoms with Crippen LogP contribution in [0.15, 0.2) is 53.9 Å². The topological polar surface area (TPSA) is 80.5 Å². The number of nitro groups is 1. The Morgan fingerprint density at radius 1 is 1.16 bits per heavy atom. The van der Waals surface area contributed by atoms with Crippen molar-refractivity contribution in [3.8, 4) is 0 Å². The van der Waals surface area contributed by atoms with Crippen LogP contribution < -0.4 is 4.31 Å². The predicted molar refractivity (Wildman–Crippen MR) is 98.5 cm³/mol. The Morgan fingerprint density at radius 2 is 1.72 bits per heavy atom. The molecule has 0 N–H and O–H groups in total. The number of nitro benzene ring substituents is 1. The van der Waals surface area contributed by atoms with Gasteiger partial charge < -0.3 is 0 Å². The van der Waals surface area contributed by atoms with Gasteiger partial charge in [0.2, 0.25) is 0 Å². The molecule has 0 fully saturated rings. The standard InChI is InChI=1S/C18H20N2O4S/c1-5-10-19(18-14(3)11-13(2)12-15(18)4)25(23,24)17-9-7-6-8-16(17)20(21)22/h5-9,11-12H,1,10H2,2-4H3. The number of para-hydroxylation sites is 1. The summed E-state index contributed by atoms with van der Waals surface area (Å²) in [5, 5.41) is 11.3. The number of anilines is 1. The van der Waals surface area contributed by atoms with Crippen molar-refractivity contribution in [3.05, 3.63) is 75.9 Å². The maximum atomic E-state index is 13.2. The van der Waals surface area contributed by atoms with E-state index in [2.05, 4.69) is 6.58 Å². The van der Waals surface area contributed by atoms with Gasteiger partial charge in [0.25, 0.3) is 15.7 Å². The van der Waals surface area contributed by atoms with Crippen molar-refractivity contribution >= 4 is 21.4 Å². The molecule has 0 radical (unpaired) electrons. The Morgan fingerprint density at radius 3 is 2.24 bits per heavy atom. The van der Waals surface area contributed by atoms with Crippen LogP contribution in [0.3, 0.4) is 0 Å². The molecule has 0 aliphatic rings. The van der Waals surface area contributed by atoms with Crippen LogP contribution in [0.1, 0.15) is 16.7 Å². The molecule has 0 saturated carbocycles. The lowest BCUT2D eigenvalue weighted by molar-refractivity contribution is -0.387. The monoisotopic (exact) mass is 360 g/mol. The van der Waals surface area contributed by atoms with Crippen molar-refractivity contribution in [1.82, 2.24) is 0 Å². The quantitative estimate of drug-likeness (QED) is 0.444. The van der Waals surface area contributed by atoms with Gasteiger partial charge in [-0.15, -0.1) is 6.58 Å². The van der Waals surface area contributed by atoms with E-state index in [0.29, 0.717) is 5.69 Å². The molecule has 0 aliphatic heterocycles. The smallest absolute Gasteiger partial charge is 0.262 e. The summed E-state index contributed by atoms with van der Waals surface area (Å²) in [6, 6.07) is 9.12. The third-order valence-electron chi connectivity index (χ3n) is 3.81. The summed E-state index contributed by atoms with van der Waals surface area (Å²) < 4.78 is 27.6. The van der Waals surface area contributed by atoms with Gasteiger partial charge in [-0.05, 0) is 38.0 Å². The third-order valence-corrected chi connectivity index (χ3v) is 5.62. The Kier molecular flexibility index (Phi) is 5.27. The molecule has 0 spiro atoms. The van der Waals surface area contributed by atoms with Gasteiger partial charge >= 0.3 is 0 Å². The Labute approximate surface area is 147 Å². The summed E-state index contributed by atoms with van der Waals surface area (Å²) in [5.41, 5.74) is 2.64. The molecule has 0 heterocycles. The summed E-state index contributed by atoms with van der Waals surface area (Å²) in [5.74, 6) is 0. The van der Waals surface area contributed by atoms with E-state index in [-0.39, 0.29) is 11.4 Å². The summed E-state index contributed by atoms with van der Waals surface area (Å²) in [7, 11) is -4.13. The lowest BCUT2D eigenvalue weighted by Gasteiger charge is -2.26. The fourth-order valence-corrected chi connectivity index (χ4v) is 4.66. The van der Waals surface area contributed by atoms with Crippen LogP contribution >= 0.6 is 0 Å². The Bertz CT molecular complexity index is 913. The van der Waals surface area contributed by atoms with E-state index in [0.717, 1.165) is 16.7 Å². The van der Waals surface area contributed by atoms with Crippen molar-refractivity contribution in [3.63, 3.8) is 0 Å². The van der Waals surface area contributed by atoms with Gasteiger partial charge in [-0.25, -0.2) is 8.42 Å². The van der Waals surface area contributed by atoms with Crippen molar-refractivity contribution in [2.24, 2.45) is 0 Å². The minimum atomic E-state index is -4.13. The van der Waals surface area contributed by atoms with E-state index >= 15 is 0 Å². The van der Waals surface area contributed by atoms with Crippen LogP contribution in [-0.4, -0.2) is 19.9 Å². The summed E-state index contributed by atoms with van der Waals surface area (Å²) >= 11 is 0. The van der Waals surface area contributed by atoms with Crippen LogP contribution in [0.5, 0.6) is 0 Å². The van der Waals surface area contributed by atoms with Crippen LogP contribution in [0.2, 0.25) is 0 Å². The van der Waals surface area contributed by atoms with Crippen LogP contribution in [0.25, 0.3) is 0 Å². The van der Waals surface area contributed by atoms with Crippen LogP contribution in [0.4, 0.5) is 11.4 Å². The summed E-state index contributed by atoms with van der Waals surface area (Å²) in [4.78, 5) is 10.2. The first-order valence-corrected chi connectivity index (χ1v) is 9.09. The minimum Gasteiger partial charge on any atom is -0.262 e.